The Morgan fingerprint density at radius 1 is 1.26 bits per heavy atom. The van der Waals surface area contributed by atoms with Crippen molar-refractivity contribution in [1.29, 1.82) is 0 Å². The molecular formula is C16H18NOS. The first-order valence-electron chi connectivity index (χ1n) is 6.88. The predicted octanol–water partition coefficient (Wildman–Crippen LogP) is 4.67. The summed E-state index contributed by atoms with van der Waals surface area (Å²) in [5, 5.41) is 2.02. The summed E-state index contributed by atoms with van der Waals surface area (Å²) < 4.78 is 5.60. The lowest BCUT2D eigenvalue weighted by Crippen LogP contribution is -2.06. The molecule has 19 heavy (non-hydrogen) atoms. The summed E-state index contributed by atoms with van der Waals surface area (Å²) in [6, 6.07) is 6.51. The zero-order valence-corrected chi connectivity index (χ0v) is 12.0. The zero-order valence-electron chi connectivity index (χ0n) is 11.2. The number of rotatable bonds is 3. The first-order chi connectivity index (χ1) is 9.38. The van der Waals surface area contributed by atoms with Crippen molar-refractivity contribution < 1.29 is 4.74 Å². The van der Waals surface area contributed by atoms with Crippen LogP contribution < -0.4 is 4.74 Å². The molecular weight excluding hydrogens is 254 g/mol. The molecule has 1 radical (unpaired) electrons. The van der Waals surface area contributed by atoms with Crippen molar-refractivity contribution in [1.82, 2.24) is 4.98 Å². The van der Waals surface area contributed by atoms with Crippen LogP contribution in [0.2, 0.25) is 0 Å². The molecule has 0 bridgehead atoms. The summed E-state index contributed by atoms with van der Waals surface area (Å²) in [5.41, 5.74) is 6.36. The van der Waals surface area contributed by atoms with E-state index in [0.29, 0.717) is 5.92 Å². The molecule has 2 nitrogen and oxygen atoms in total. The van der Waals surface area contributed by atoms with Crippen LogP contribution in [0.4, 0.5) is 0 Å². The number of ether oxygens (including phenoxy) is 1. The molecule has 0 saturated heterocycles. The SMILES string of the molecule is COc1cc(-c2cs[c]n2)ccc1C1CCCCC1. The summed E-state index contributed by atoms with van der Waals surface area (Å²) in [6.07, 6.45) is 6.65. The summed E-state index contributed by atoms with van der Waals surface area (Å²) >= 11 is 1.50. The minimum atomic E-state index is 0.666. The van der Waals surface area contributed by atoms with Crippen molar-refractivity contribution in [3.63, 3.8) is 0 Å². The average molecular weight is 272 g/mol. The van der Waals surface area contributed by atoms with Gasteiger partial charge in [-0.3, -0.25) is 0 Å². The Bertz CT molecular complexity index is 530. The second-order valence-corrected chi connectivity index (χ2v) is 5.77. The topological polar surface area (TPSA) is 22.1 Å². The van der Waals surface area contributed by atoms with Crippen LogP contribution in [0.25, 0.3) is 11.3 Å². The van der Waals surface area contributed by atoms with E-state index >= 15 is 0 Å². The Morgan fingerprint density at radius 3 is 2.79 bits per heavy atom. The Hall–Kier alpha value is -1.35. The molecule has 1 aromatic carbocycles. The Balaban J connectivity index is 1.93. The molecule has 1 aliphatic rings. The molecule has 1 saturated carbocycles. The van der Waals surface area contributed by atoms with Gasteiger partial charge in [0.15, 0.2) is 5.51 Å². The summed E-state index contributed by atoms with van der Waals surface area (Å²) in [7, 11) is 1.76. The second kappa shape index (κ2) is 5.74. The van der Waals surface area contributed by atoms with Gasteiger partial charge in [-0.25, -0.2) is 4.98 Å². The van der Waals surface area contributed by atoms with E-state index in [9.17, 15) is 0 Å². The molecule has 99 valence electrons. The van der Waals surface area contributed by atoms with Crippen molar-refractivity contribution in [3.05, 3.63) is 34.7 Å². The number of hydrogen-bond donors (Lipinski definition) is 0. The van der Waals surface area contributed by atoms with Gasteiger partial charge in [-0.05, 0) is 30.4 Å². The third-order valence-electron chi connectivity index (χ3n) is 3.96. The van der Waals surface area contributed by atoms with Gasteiger partial charge in [0.2, 0.25) is 0 Å². The summed E-state index contributed by atoms with van der Waals surface area (Å²) in [6.45, 7) is 0. The van der Waals surface area contributed by atoms with E-state index in [1.54, 1.807) is 7.11 Å². The smallest absolute Gasteiger partial charge is 0.152 e. The maximum Gasteiger partial charge on any atom is 0.152 e. The zero-order chi connectivity index (χ0) is 13.1. The molecule has 0 atom stereocenters. The van der Waals surface area contributed by atoms with E-state index in [1.807, 2.05) is 5.38 Å². The number of benzene rings is 1. The standard InChI is InChI=1S/C16H18NOS/c1-18-16-9-13(15-10-19-11-17-15)7-8-14(16)12-5-3-2-4-6-12/h7-10,12H,2-6H2,1H3. The van der Waals surface area contributed by atoms with Crippen LogP contribution in [-0.2, 0) is 0 Å². The van der Waals surface area contributed by atoms with E-state index < -0.39 is 0 Å². The molecule has 2 aromatic rings. The largest absolute Gasteiger partial charge is 0.496 e. The first-order valence-corrected chi connectivity index (χ1v) is 7.76. The third-order valence-corrected chi connectivity index (χ3v) is 4.50. The van der Waals surface area contributed by atoms with Crippen molar-refractivity contribution in [2.24, 2.45) is 0 Å². The molecule has 1 aliphatic carbocycles. The van der Waals surface area contributed by atoms with E-state index in [4.69, 9.17) is 4.74 Å². The van der Waals surface area contributed by atoms with Gasteiger partial charge in [0.25, 0.3) is 0 Å². The maximum atomic E-state index is 5.60. The van der Waals surface area contributed by atoms with Crippen LogP contribution in [0.3, 0.4) is 0 Å². The van der Waals surface area contributed by atoms with Gasteiger partial charge in [-0.2, -0.15) is 0 Å². The molecule has 0 unspecified atom stereocenters. The fourth-order valence-corrected chi connectivity index (χ4v) is 3.44. The molecule has 0 N–H and O–H groups in total. The lowest BCUT2D eigenvalue weighted by atomic mass is 9.83. The van der Waals surface area contributed by atoms with Crippen LogP contribution >= 0.6 is 11.3 Å². The lowest BCUT2D eigenvalue weighted by Gasteiger charge is -2.24. The number of hydrogen-bond acceptors (Lipinski definition) is 3. The summed E-state index contributed by atoms with van der Waals surface area (Å²) in [5.74, 6) is 1.68. The van der Waals surface area contributed by atoms with Gasteiger partial charge >= 0.3 is 0 Å². The predicted molar refractivity (Wildman–Crippen MR) is 78.8 cm³/mol. The molecule has 1 heterocycles. The minimum absolute atomic E-state index is 0.666. The third kappa shape index (κ3) is 2.66. The molecule has 0 aliphatic heterocycles. The molecule has 3 heteroatoms. The van der Waals surface area contributed by atoms with Crippen molar-refractivity contribution in [3.8, 4) is 17.0 Å². The number of aromatic nitrogens is 1. The molecule has 0 amide bonds. The second-order valence-electron chi connectivity index (χ2n) is 5.12. The van der Waals surface area contributed by atoms with E-state index in [-0.39, 0.29) is 0 Å². The highest BCUT2D eigenvalue weighted by atomic mass is 32.1. The fourth-order valence-electron chi connectivity index (χ4n) is 2.94. The van der Waals surface area contributed by atoms with Crippen LogP contribution in [0.5, 0.6) is 5.75 Å². The normalized spacial score (nSPS) is 16.5. The monoisotopic (exact) mass is 272 g/mol. The number of thiazole rings is 1. The van der Waals surface area contributed by atoms with Crippen LogP contribution in [0.15, 0.2) is 23.6 Å². The molecule has 0 spiro atoms. The van der Waals surface area contributed by atoms with Crippen molar-refractivity contribution in [2.75, 3.05) is 7.11 Å². The highest BCUT2D eigenvalue weighted by Crippen LogP contribution is 2.39. The van der Waals surface area contributed by atoms with Gasteiger partial charge in [0.05, 0.1) is 12.8 Å². The van der Waals surface area contributed by atoms with Gasteiger partial charge < -0.3 is 4.74 Å². The van der Waals surface area contributed by atoms with Crippen molar-refractivity contribution in [2.45, 2.75) is 38.0 Å². The van der Waals surface area contributed by atoms with Crippen LogP contribution in [0, 0.1) is 5.51 Å². The fraction of sp³-hybridized carbons (Fsp3) is 0.438. The Kier molecular flexibility index (Phi) is 3.83. The first kappa shape index (κ1) is 12.7. The quantitative estimate of drug-likeness (QED) is 0.810. The maximum absolute atomic E-state index is 5.60. The van der Waals surface area contributed by atoms with Crippen LogP contribution in [0.1, 0.15) is 43.6 Å². The van der Waals surface area contributed by atoms with Crippen LogP contribution in [-0.4, -0.2) is 12.1 Å². The lowest BCUT2D eigenvalue weighted by molar-refractivity contribution is 0.387. The van der Waals surface area contributed by atoms with E-state index in [2.05, 4.69) is 28.7 Å². The van der Waals surface area contributed by atoms with Gasteiger partial charge in [-0.15, -0.1) is 11.3 Å². The number of nitrogens with zero attached hydrogens (tertiary/aromatic N) is 1. The highest BCUT2D eigenvalue weighted by molar-refractivity contribution is 7.07. The summed E-state index contributed by atoms with van der Waals surface area (Å²) in [4.78, 5) is 4.24. The average Bonchev–Trinajstić information content (AvgIpc) is 3.02. The van der Waals surface area contributed by atoms with Gasteiger partial charge in [0.1, 0.15) is 5.75 Å². The van der Waals surface area contributed by atoms with Gasteiger partial charge in [0, 0.05) is 10.9 Å². The molecule has 1 aromatic heterocycles. The van der Waals surface area contributed by atoms with Crippen molar-refractivity contribution >= 4 is 11.3 Å². The minimum Gasteiger partial charge on any atom is -0.496 e. The van der Waals surface area contributed by atoms with E-state index in [0.717, 1.165) is 17.0 Å². The Labute approximate surface area is 118 Å². The number of methoxy groups -OCH3 is 1. The highest BCUT2D eigenvalue weighted by Gasteiger charge is 2.19. The van der Waals surface area contributed by atoms with E-state index in [1.165, 1.54) is 49.0 Å². The Morgan fingerprint density at radius 2 is 2.11 bits per heavy atom. The molecule has 3 rings (SSSR count). The van der Waals surface area contributed by atoms with Gasteiger partial charge in [-0.1, -0.05) is 31.4 Å². The molecule has 1 fully saturated rings.